The first kappa shape index (κ1) is 27.0. The summed E-state index contributed by atoms with van der Waals surface area (Å²) < 4.78 is 6.53. The molecule has 1 saturated heterocycles. The number of halogens is 1. The first-order chi connectivity index (χ1) is 18.7. The maximum atomic E-state index is 6.53. The SMILES string of the molecule is Cc1ccc(OC(CC[NH+]2CCC(=C3c4ccccc4C=Cc4ccccc43)CC2)c2ccccc2)cc1.[Cl-]. The molecule has 1 heterocycles. The van der Waals surface area contributed by atoms with Gasteiger partial charge in [0, 0.05) is 19.3 Å². The van der Waals surface area contributed by atoms with E-state index in [1.807, 2.05) is 0 Å². The molecule has 0 saturated carbocycles. The third kappa shape index (κ3) is 6.19. The Morgan fingerprint density at radius 2 is 1.26 bits per heavy atom. The Morgan fingerprint density at radius 3 is 1.87 bits per heavy atom. The number of hydrogen-bond acceptors (Lipinski definition) is 1. The average Bonchev–Trinajstić information content (AvgIpc) is 3.14. The molecule has 0 amide bonds. The van der Waals surface area contributed by atoms with Crippen LogP contribution in [-0.2, 0) is 0 Å². The Labute approximate surface area is 239 Å². The molecule has 1 aliphatic heterocycles. The van der Waals surface area contributed by atoms with Crippen molar-refractivity contribution in [3.05, 3.63) is 142 Å². The highest BCUT2D eigenvalue weighted by Crippen LogP contribution is 2.37. The van der Waals surface area contributed by atoms with Gasteiger partial charge in [-0.15, -0.1) is 0 Å². The van der Waals surface area contributed by atoms with Crippen LogP contribution in [0.25, 0.3) is 17.7 Å². The van der Waals surface area contributed by atoms with Crippen molar-refractivity contribution in [1.82, 2.24) is 0 Å². The summed E-state index contributed by atoms with van der Waals surface area (Å²) in [5.74, 6) is 0.949. The van der Waals surface area contributed by atoms with Crippen LogP contribution in [0.4, 0.5) is 0 Å². The van der Waals surface area contributed by atoms with Crippen LogP contribution < -0.4 is 22.0 Å². The van der Waals surface area contributed by atoms with Crippen LogP contribution in [0.5, 0.6) is 5.75 Å². The number of aryl methyl sites for hydroxylation is 1. The number of hydrogen-bond donors (Lipinski definition) is 1. The van der Waals surface area contributed by atoms with Gasteiger partial charge in [-0.2, -0.15) is 0 Å². The normalized spacial score (nSPS) is 16.9. The lowest BCUT2D eigenvalue weighted by molar-refractivity contribution is -0.903. The van der Waals surface area contributed by atoms with Crippen LogP contribution in [0.2, 0.25) is 0 Å². The van der Waals surface area contributed by atoms with Crippen LogP contribution in [0.3, 0.4) is 0 Å². The summed E-state index contributed by atoms with van der Waals surface area (Å²) in [4.78, 5) is 1.68. The topological polar surface area (TPSA) is 13.7 Å². The third-order valence-corrected chi connectivity index (χ3v) is 8.05. The van der Waals surface area contributed by atoms with Crippen LogP contribution in [0.15, 0.2) is 109 Å². The van der Waals surface area contributed by atoms with Gasteiger partial charge in [0.25, 0.3) is 0 Å². The molecule has 1 aliphatic carbocycles. The van der Waals surface area contributed by atoms with Gasteiger partial charge < -0.3 is 22.0 Å². The minimum absolute atomic E-state index is 0. The number of quaternary nitrogens is 1. The van der Waals surface area contributed by atoms with Crippen molar-refractivity contribution in [3.63, 3.8) is 0 Å². The fourth-order valence-corrected chi connectivity index (χ4v) is 5.93. The summed E-state index contributed by atoms with van der Waals surface area (Å²) in [7, 11) is 0. The van der Waals surface area contributed by atoms with Gasteiger partial charge in [0.2, 0.25) is 0 Å². The van der Waals surface area contributed by atoms with Crippen LogP contribution in [0, 0.1) is 6.92 Å². The maximum absolute atomic E-state index is 6.53. The highest BCUT2D eigenvalue weighted by molar-refractivity contribution is 5.94. The lowest BCUT2D eigenvalue weighted by Crippen LogP contribution is -3.12. The van der Waals surface area contributed by atoms with Gasteiger partial charge in [-0.3, -0.25) is 0 Å². The number of nitrogens with one attached hydrogen (secondary N) is 1. The van der Waals surface area contributed by atoms with E-state index in [-0.39, 0.29) is 18.5 Å². The van der Waals surface area contributed by atoms with Gasteiger partial charge >= 0.3 is 0 Å². The second-order valence-corrected chi connectivity index (χ2v) is 10.6. The summed E-state index contributed by atoms with van der Waals surface area (Å²) in [6.07, 6.45) is 7.91. The van der Waals surface area contributed by atoms with E-state index in [4.69, 9.17) is 4.74 Å². The van der Waals surface area contributed by atoms with E-state index in [1.165, 1.54) is 52.0 Å². The highest BCUT2D eigenvalue weighted by atomic mass is 35.5. The molecular formula is C36H36ClNO. The van der Waals surface area contributed by atoms with Gasteiger partial charge in [-0.1, -0.05) is 114 Å². The summed E-state index contributed by atoms with van der Waals surface area (Å²) in [6.45, 7) is 5.57. The quantitative estimate of drug-likeness (QED) is 0.346. The summed E-state index contributed by atoms with van der Waals surface area (Å²) in [6, 6.07) is 36.9. The first-order valence-electron chi connectivity index (χ1n) is 14.0. The number of fused-ring (bicyclic) bond motifs is 2. The predicted molar refractivity (Wildman–Crippen MR) is 158 cm³/mol. The Hall–Kier alpha value is -3.59. The second kappa shape index (κ2) is 12.5. The number of piperidine rings is 1. The van der Waals surface area contributed by atoms with E-state index in [0.717, 1.165) is 31.6 Å². The van der Waals surface area contributed by atoms with Crippen molar-refractivity contribution < 1.29 is 22.0 Å². The van der Waals surface area contributed by atoms with Gasteiger partial charge in [0.1, 0.15) is 11.9 Å². The van der Waals surface area contributed by atoms with E-state index in [2.05, 4.69) is 122 Å². The average molecular weight is 534 g/mol. The molecule has 2 aliphatic rings. The molecule has 4 aromatic carbocycles. The standard InChI is InChI=1S/C36H35NO.ClH/c1-27-15-19-32(20-16-27)38-35(30-11-3-2-4-12-30)23-26-37-24-21-31(22-25-37)36-33-13-7-5-9-28(33)17-18-29-10-6-8-14-34(29)36;/h2-20,35H,21-26H2,1H3;1H. The minimum atomic E-state index is 0. The smallest absolute Gasteiger partial charge is 0.129 e. The molecule has 4 aromatic rings. The highest BCUT2D eigenvalue weighted by Gasteiger charge is 2.25. The molecule has 0 radical (unpaired) electrons. The fourth-order valence-electron chi connectivity index (χ4n) is 5.93. The molecule has 3 heteroatoms. The van der Waals surface area contributed by atoms with Gasteiger partial charge in [0.15, 0.2) is 0 Å². The van der Waals surface area contributed by atoms with Crippen molar-refractivity contribution in [2.45, 2.75) is 32.3 Å². The van der Waals surface area contributed by atoms with Crippen molar-refractivity contribution in [2.24, 2.45) is 0 Å². The predicted octanol–water partition coefficient (Wildman–Crippen LogP) is 4.17. The number of benzene rings is 4. The summed E-state index contributed by atoms with van der Waals surface area (Å²) >= 11 is 0. The molecule has 198 valence electrons. The van der Waals surface area contributed by atoms with E-state index in [0.29, 0.717) is 0 Å². The van der Waals surface area contributed by atoms with E-state index >= 15 is 0 Å². The molecule has 6 rings (SSSR count). The fraction of sp³-hybridized carbons (Fsp3) is 0.222. The molecule has 1 unspecified atom stereocenters. The number of ether oxygens (including phenoxy) is 1. The molecule has 1 fully saturated rings. The molecule has 2 nitrogen and oxygen atoms in total. The second-order valence-electron chi connectivity index (χ2n) is 10.6. The van der Waals surface area contributed by atoms with Crippen molar-refractivity contribution in [3.8, 4) is 5.75 Å². The molecule has 39 heavy (non-hydrogen) atoms. The molecule has 0 spiro atoms. The largest absolute Gasteiger partial charge is 1.00 e. The maximum Gasteiger partial charge on any atom is 0.129 e. The first-order valence-corrected chi connectivity index (χ1v) is 14.0. The van der Waals surface area contributed by atoms with Crippen molar-refractivity contribution in [1.29, 1.82) is 0 Å². The Morgan fingerprint density at radius 1 is 0.692 bits per heavy atom. The number of rotatable bonds is 6. The minimum Gasteiger partial charge on any atom is -1.00 e. The van der Waals surface area contributed by atoms with Crippen LogP contribution in [-0.4, -0.2) is 19.6 Å². The van der Waals surface area contributed by atoms with E-state index < -0.39 is 0 Å². The molecule has 1 atom stereocenters. The molecule has 0 bridgehead atoms. The Bertz CT molecular complexity index is 1390. The van der Waals surface area contributed by atoms with E-state index in [9.17, 15) is 0 Å². The van der Waals surface area contributed by atoms with Crippen molar-refractivity contribution in [2.75, 3.05) is 19.6 Å². The van der Waals surface area contributed by atoms with E-state index in [1.54, 1.807) is 10.5 Å². The third-order valence-electron chi connectivity index (χ3n) is 8.05. The lowest BCUT2D eigenvalue weighted by atomic mass is 9.86. The molecule has 0 aromatic heterocycles. The molecular weight excluding hydrogens is 498 g/mol. The lowest BCUT2D eigenvalue weighted by Gasteiger charge is -2.29. The number of likely N-dealkylation sites (tertiary alicyclic amines) is 1. The van der Waals surface area contributed by atoms with Gasteiger partial charge in [-0.25, -0.2) is 0 Å². The zero-order chi connectivity index (χ0) is 25.7. The van der Waals surface area contributed by atoms with Gasteiger partial charge in [-0.05, 0) is 52.4 Å². The van der Waals surface area contributed by atoms with Crippen LogP contribution in [0.1, 0.15) is 58.7 Å². The summed E-state index contributed by atoms with van der Waals surface area (Å²) in [5.41, 5.74) is 11.0. The summed E-state index contributed by atoms with van der Waals surface area (Å²) in [5, 5.41) is 0. The zero-order valence-corrected chi connectivity index (χ0v) is 23.3. The Balaban J connectivity index is 0.00000308. The zero-order valence-electron chi connectivity index (χ0n) is 22.6. The molecule has 1 N–H and O–H groups in total. The van der Waals surface area contributed by atoms with Crippen LogP contribution >= 0.6 is 0 Å². The monoisotopic (exact) mass is 533 g/mol. The van der Waals surface area contributed by atoms with Crippen molar-refractivity contribution >= 4 is 17.7 Å². The van der Waals surface area contributed by atoms with Gasteiger partial charge in [0.05, 0.1) is 19.6 Å². The Kier molecular flexibility index (Phi) is 8.66.